The minimum absolute atomic E-state index is 0.108. The molecule has 3 aromatic carbocycles. The van der Waals surface area contributed by atoms with Crippen molar-refractivity contribution in [2.75, 3.05) is 6.54 Å². The van der Waals surface area contributed by atoms with Crippen LogP contribution in [0.15, 0.2) is 83.3 Å². The largest absolute Gasteiger partial charge is 0.445 e. The van der Waals surface area contributed by atoms with Gasteiger partial charge in [0.2, 0.25) is 0 Å². The van der Waals surface area contributed by atoms with E-state index in [1.165, 1.54) is 12.1 Å². The van der Waals surface area contributed by atoms with Gasteiger partial charge in [0.25, 0.3) is 0 Å². The summed E-state index contributed by atoms with van der Waals surface area (Å²) in [7, 11) is 0. The highest BCUT2D eigenvalue weighted by molar-refractivity contribution is 9.10. The van der Waals surface area contributed by atoms with Gasteiger partial charge in [0, 0.05) is 16.9 Å². The average Bonchev–Trinajstić information content (AvgIpc) is 2.70. The molecule has 138 valence electrons. The van der Waals surface area contributed by atoms with Gasteiger partial charge in [0.15, 0.2) is 0 Å². The van der Waals surface area contributed by atoms with E-state index in [1.807, 2.05) is 54.6 Å². The van der Waals surface area contributed by atoms with Crippen LogP contribution in [0.5, 0.6) is 0 Å². The summed E-state index contributed by atoms with van der Waals surface area (Å²) < 4.78 is 19.5. The van der Waals surface area contributed by atoms with E-state index in [1.54, 1.807) is 12.1 Å². The summed E-state index contributed by atoms with van der Waals surface area (Å²) in [5.41, 5.74) is 2.87. The Kier molecular flexibility index (Phi) is 6.60. The number of carbonyl (C=O) groups excluding carboxylic acids is 1. The normalized spacial score (nSPS) is 11.6. The first kappa shape index (κ1) is 19.1. The molecule has 27 heavy (non-hydrogen) atoms. The van der Waals surface area contributed by atoms with Crippen molar-refractivity contribution < 1.29 is 13.9 Å². The molecule has 0 aromatic heterocycles. The first-order valence-electron chi connectivity index (χ1n) is 8.57. The quantitative estimate of drug-likeness (QED) is 0.552. The standard InChI is InChI=1S/C22H19BrFNO2/c23-19-10-6-17(7-11-19)21(18-8-12-20(24)13-9-18)14-25-22(26)27-15-16-4-2-1-3-5-16/h1-13,21H,14-15H2,(H,25,26). The maximum absolute atomic E-state index is 13.3. The van der Waals surface area contributed by atoms with Gasteiger partial charge in [-0.1, -0.05) is 70.5 Å². The number of carbonyl (C=O) groups is 1. The highest BCUT2D eigenvalue weighted by Crippen LogP contribution is 2.26. The van der Waals surface area contributed by atoms with Gasteiger partial charge in [0.1, 0.15) is 12.4 Å². The van der Waals surface area contributed by atoms with Crippen LogP contribution >= 0.6 is 15.9 Å². The molecule has 0 aliphatic heterocycles. The zero-order chi connectivity index (χ0) is 19.1. The smallest absolute Gasteiger partial charge is 0.407 e. The van der Waals surface area contributed by atoms with Gasteiger partial charge < -0.3 is 10.1 Å². The Morgan fingerprint density at radius 1 is 0.926 bits per heavy atom. The third-order valence-corrected chi connectivity index (χ3v) is 4.74. The number of hydrogen-bond donors (Lipinski definition) is 1. The highest BCUT2D eigenvalue weighted by atomic mass is 79.9. The van der Waals surface area contributed by atoms with Crippen LogP contribution in [0.1, 0.15) is 22.6 Å². The summed E-state index contributed by atoms with van der Waals surface area (Å²) in [6.45, 7) is 0.563. The Balaban J connectivity index is 1.67. The number of rotatable bonds is 6. The zero-order valence-corrected chi connectivity index (χ0v) is 16.2. The summed E-state index contributed by atoms with van der Waals surface area (Å²) in [4.78, 5) is 12.1. The van der Waals surface area contributed by atoms with Gasteiger partial charge in [-0.2, -0.15) is 0 Å². The Morgan fingerprint density at radius 3 is 2.15 bits per heavy atom. The molecule has 1 amide bonds. The number of halogens is 2. The van der Waals surface area contributed by atoms with E-state index in [-0.39, 0.29) is 18.3 Å². The molecule has 1 atom stereocenters. The van der Waals surface area contributed by atoms with Crippen LogP contribution in [0.4, 0.5) is 9.18 Å². The van der Waals surface area contributed by atoms with E-state index in [4.69, 9.17) is 4.74 Å². The molecular weight excluding hydrogens is 409 g/mol. The summed E-state index contributed by atoms with van der Waals surface area (Å²) in [5.74, 6) is -0.397. The summed E-state index contributed by atoms with van der Waals surface area (Å²) in [5, 5.41) is 2.81. The SMILES string of the molecule is O=C(NCC(c1ccc(F)cc1)c1ccc(Br)cc1)OCc1ccccc1. The average molecular weight is 428 g/mol. The molecule has 3 aromatic rings. The van der Waals surface area contributed by atoms with Crippen molar-refractivity contribution in [2.45, 2.75) is 12.5 Å². The Hall–Kier alpha value is -2.66. The zero-order valence-electron chi connectivity index (χ0n) is 14.6. The molecule has 1 N–H and O–H groups in total. The molecule has 1 unspecified atom stereocenters. The van der Waals surface area contributed by atoms with Crippen LogP contribution in [0, 0.1) is 5.82 Å². The van der Waals surface area contributed by atoms with Crippen molar-refractivity contribution in [3.63, 3.8) is 0 Å². The molecule has 0 saturated heterocycles. The van der Waals surface area contributed by atoms with E-state index in [9.17, 15) is 9.18 Å². The first-order chi connectivity index (χ1) is 13.1. The molecule has 0 spiro atoms. The lowest BCUT2D eigenvalue weighted by molar-refractivity contribution is 0.139. The van der Waals surface area contributed by atoms with Crippen LogP contribution in [-0.4, -0.2) is 12.6 Å². The lowest BCUT2D eigenvalue weighted by Crippen LogP contribution is -2.29. The molecule has 0 aliphatic carbocycles. The van der Waals surface area contributed by atoms with Crippen LogP contribution in [0.3, 0.4) is 0 Å². The van der Waals surface area contributed by atoms with Gasteiger partial charge >= 0.3 is 6.09 Å². The molecule has 0 heterocycles. The van der Waals surface area contributed by atoms with Gasteiger partial charge in [-0.3, -0.25) is 0 Å². The molecule has 0 bridgehead atoms. The van der Waals surface area contributed by atoms with Crippen molar-refractivity contribution in [3.05, 3.63) is 106 Å². The van der Waals surface area contributed by atoms with Gasteiger partial charge in [-0.25, -0.2) is 9.18 Å². The molecule has 0 aliphatic rings. The van der Waals surface area contributed by atoms with Gasteiger partial charge in [-0.05, 0) is 41.0 Å². The summed E-state index contributed by atoms with van der Waals surface area (Å²) in [6, 6.07) is 23.7. The van der Waals surface area contributed by atoms with Gasteiger partial charge in [-0.15, -0.1) is 0 Å². The lowest BCUT2D eigenvalue weighted by atomic mass is 9.91. The second-order valence-electron chi connectivity index (χ2n) is 6.10. The predicted octanol–water partition coefficient (Wildman–Crippen LogP) is 5.65. The fourth-order valence-electron chi connectivity index (χ4n) is 2.78. The number of benzene rings is 3. The van der Waals surface area contributed by atoms with Crippen LogP contribution in [-0.2, 0) is 11.3 Å². The van der Waals surface area contributed by atoms with Crippen molar-refractivity contribution >= 4 is 22.0 Å². The van der Waals surface area contributed by atoms with Gasteiger partial charge in [0.05, 0.1) is 0 Å². The molecule has 0 fully saturated rings. The van der Waals surface area contributed by atoms with Crippen molar-refractivity contribution in [3.8, 4) is 0 Å². The van der Waals surface area contributed by atoms with E-state index < -0.39 is 6.09 Å². The monoisotopic (exact) mass is 427 g/mol. The van der Waals surface area contributed by atoms with E-state index in [0.717, 1.165) is 21.2 Å². The highest BCUT2D eigenvalue weighted by Gasteiger charge is 2.16. The molecule has 3 rings (SSSR count). The number of ether oxygens (including phenoxy) is 1. The molecule has 3 nitrogen and oxygen atoms in total. The molecule has 0 saturated carbocycles. The lowest BCUT2D eigenvalue weighted by Gasteiger charge is -2.19. The molecule has 0 radical (unpaired) electrons. The number of amides is 1. The third-order valence-electron chi connectivity index (χ3n) is 4.21. The summed E-state index contributed by atoms with van der Waals surface area (Å²) in [6.07, 6.45) is -0.483. The minimum Gasteiger partial charge on any atom is -0.445 e. The van der Waals surface area contributed by atoms with Crippen LogP contribution in [0.2, 0.25) is 0 Å². The first-order valence-corrected chi connectivity index (χ1v) is 9.36. The van der Waals surface area contributed by atoms with Crippen molar-refractivity contribution in [1.82, 2.24) is 5.32 Å². The van der Waals surface area contributed by atoms with Crippen molar-refractivity contribution in [2.24, 2.45) is 0 Å². The predicted molar refractivity (Wildman–Crippen MR) is 107 cm³/mol. The van der Waals surface area contributed by atoms with E-state index in [2.05, 4.69) is 21.2 Å². The maximum Gasteiger partial charge on any atom is 0.407 e. The third kappa shape index (κ3) is 5.66. The fourth-order valence-corrected chi connectivity index (χ4v) is 3.04. The van der Waals surface area contributed by atoms with Crippen LogP contribution < -0.4 is 5.32 Å². The minimum atomic E-state index is -0.483. The Morgan fingerprint density at radius 2 is 1.52 bits per heavy atom. The maximum atomic E-state index is 13.3. The Labute approximate surface area is 166 Å². The van der Waals surface area contributed by atoms with E-state index in [0.29, 0.717) is 6.54 Å². The fraction of sp³-hybridized carbons (Fsp3) is 0.136. The topological polar surface area (TPSA) is 38.3 Å². The summed E-state index contributed by atoms with van der Waals surface area (Å²) >= 11 is 3.43. The van der Waals surface area contributed by atoms with Crippen LogP contribution in [0.25, 0.3) is 0 Å². The number of hydrogen-bond acceptors (Lipinski definition) is 2. The number of nitrogens with one attached hydrogen (secondary N) is 1. The Bertz CT molecular complexity index is 822. The van der Waals surface area contributed by atoms with Crippen molar-refractivity contribution in [1.29, 1.82) is 0 Å². The second kappa shape index (κ2) is 9.33. The van der Waals surface area contributed by atoms with E-state index >= 15 is 0 Å². The molecular formula is C22H19BrFNO2. The second-order valence-corrected chi connectivity index (χ2v) is 7.01. The molecule has 5 heteroatoms. The number of alkyl carbamates (subject to hydrolysis) is 1.